The Morgan fingerprint density at radius 3 is 2.60 bits per heavy atom. The minimum atomic E-state index is 0.0164. The van der Waals surface area contributed by atoms with Crippen LogP contribution in [-0.4, -0.2) is 17.6 Å². The number of ether oxygens (including phenoxy) is 1. The fraction of sp³-hybridized carbons (Fsp3) is 0.133. The van der Waals surface area contributed by atoms with Crippen LogP contribution in [0.3, 0.4) is 0 Å². The molecule has 0 saturated heterocycles. The van der Waals surface area contributed by atoms with Crippen LogP contribution in [0.15, 0.2) is 53.7 Å². The predicted octanol–water partition coefficient (Wildman–Crippen LogP) is 3.06. The Bertz CT molecular complexity index is 600. The van der Waals surface area contributed by atoms with E-state index in [-0.39, 0.29) is 5.84 Å². The van der Waals surface area contributed by atoms with E-state index in [1.165, 1.54) is 5.56 Å². The topological polar surface area (TPSA) is 67.8 Å². The average Bonchev–Trinajstić information content (AvgIpc) is 2.49. The Balaban J connectivity index is 1.97. The fourth-order valence-corrected chi connectivity index (χ4v) is 1.99. The van der Waals surface area contributed by atoms with Crippen LogP contribution >= 0.6 is 11.6 Å². The van der Waals surface area contributed by atoms with Gasteiger partial charge in [0.2, 0.25) is 0 Å². The molecule has 0 radical (unpaired) electrons. The third kappa shape index (κ3) is 3.65. The summed E-state index contributed by atoms with van der Waals surface area (Å²) in [5.41, 5.74) is 7.24. The molecule has 4 nitrogen and oxygen atoms in total. The second-order valence-corrected chi connectivity index (χ2v) is 4.62. The smallest absolute Gasteiger partial charge is 0.170 e. The van der Waals surface area contributed by atoms with Crippen molar-refractivity contribution in [3.63, 3.8) is 0 Å². The van der Waals surface area contributed by atoms with E-state index in [4.69, 9.17) is 27.3 Å². The molecule has 0 aliphatic rings. The van der Waals surface area contributed by atoms with Gasteiger partial charge in [0.25, 0.3) is 0 Å². The van der Waals surface area contributed by atoms with Crippen molar-refractivity contribution < 1.29 is 9.94 Å². The van der Waals surface area contributed by atoms with Gasteiger partial charge in [0.05, 0.1) is 11.6 Å². The number of nitrogens with zero attached hydrogens (tertiary/aromatic N) is 1. The van der Waals surface area contributed by atoms with Crippen LogP contribution in [0.2, 0.25) is 5.02 Å². The van der Waals surface area contributed by atoms with E-state index >= 15 is 0 Å². The van der Waals surface area contributed by atoms with Crippen molar-refractivity contribution in [2.24, 2.45) is 10.9 Å². The van der Waals surface area contributed by atoms with Gasteiger partial charge in [-0.25, -0.2) is 0 Å². The molecule has 0 fully saturated rings. The van der Waals surface area contributed by atoms with Crippen molar-refractivity contribution in [2.45, 2.75) is 6.42 Å². The zero-order chi connectivity index (χ0) is 14.4. The summed E-state index contributed by atoms with van der Waals surface area (Å²) in [5, 5.41) is 12.0. The van der Waals surface area contributed by atoms with Crippen molar-refractivity contribution in [1.29, 1.82) is 0 Å². The lowest BCUT2D eigenvalue weighted by Gasteiger charge is -2.09. The molecule has 0 atom stereocenters. The first-order valence-electron chi connectivity index (χ1n) is 6.15. The molecule has 2 rings (SSSR count). The van der Waals surface area contributed by atoms with Crippen molar-refractivity contribution in [2.75, 3.05) is 6.61 Å². The largest absolute Gasteiger partial charge is 0.492 e. The summed E-state index contributed by atoms with van der Waals surface area (Å²) in [6.45, 7) is 0.534. The van der Waals surface area contributed by atoms with Crippen molar-refractivity contribution in [3.8, 4) is 5.75 Å². The molecule has 0 aliphatic heterocycles. The van der Waals surface area contributed by atoms with Gasteiger partial charge >= 0.3 is 0 Å². The van der Waals surface area contributed by atoms with Gasteiger partial charge in [-0.05, 0) is 23.8 Å². The normalized spacial score (nSPS) is 11.3. The van der Waals surface area contributed by atoms with Gasteiger partial charge < -0.3 is 15.7 Å². The van der Waals surface area contributed by atoms with Gasteiger partial charge in [-0.3, -0.25) is 0 Å². The maximum absolute atomic E-state index is 8.60. The first-order chi connectivity index (χ1) is 9.70. The molecule has 0 aliphatic carbocycles. The summed E-state index contributed by atoms with van der Waals surface area (Å²) in [7, 11) is 0. The highest BCUT2D eigenvalue weighted by molar-refractivity contribution is 6.32. The summed E-state index contributed by atoms with van der Waals surface area (Å²) in [6.07, 6.45) is 0.805. The molecular weight excluding hydrogens is 276 g/mol. The lowest BCUT2D eigenvalue weighted by Crippen LogP contribution is -2.13. The van der Waals surface area contributed by atoms with Crippen LogP contribution in [0.1, 0.15) is 11.1 Å². The number of hydrogen-bond acceptors (Lipinski definition) is 3. The molecule has 0 unspecified atom stereocenters. The predicted molar refractivity (Wildman–Crippen MR) is 79.6 cm³/mol. The van der Waals surface area contributed by atoms with Gasteiger partial charge in [-0.15, -0.1) is 0 Å². The molecular formula is C15H15ClN2O2. The standard InChI is InChI=1S/C15H15ClN2O2/c16-13-10-12(15(17)18-19)6-7-14(13)20-9-8-11-4-2-1-3-5-11/h1-7,10,19H,8-9H2,(H2,17,18). The van der Waals surface area contributed by atoms with Crippen LogP contribution in [0, 0.1) is 0 Å². The Kier molecular flexibility index (Phi) is 4.85. The molecule has 2 aromatic rings. The lowest BCUT2D eigenvalue weighted by atomic mass is 10.2. The fourth-order valence-electron chi connectivity index (χ4n) is 1.76. The molecule has 0 bridgehead atoms. The van der Waals surface area contributed by atoms with Crippen LogP contribution < -0.4 is 10.5 Å². The van der Waals surface area contributed by atoms with Crippen molar-refractivity contribution >= 4 is 17.4 Å². The van der Waals surface area contributed by atoms with E-state index in [0.29, 0.717) is 22.9 Å². The SMILES string of the molecule is NC(=NO)c1ccc(OCCc2ccccc2)c(Cl)c1. The van der Waals surface area contributed by atoms with Crippen LogP contribution in [0.25, 0.3) is 0 Å². The minimum absolute atomic E-state index is 0.0164. The Morgan fingerprint density at radius 1 is 1.20 bits per heavy atom. The summed E-state index contributed by atoms with van der Waals surface area (Å²) in [5.74, 6) is 0.597. The summed E-state index contributed by atoms with van der Waals surface area (Å²) >= 11 is 6.10. The monoisotopic (exact) mass is 290 g/mol. The molecule has 0 heterocycles. The van der Waals surface area contributed by atoms with E-state index < -0.39 is 0 Å². The van der Waals surface area contributed by atoms with Gasteiger partial charge in [0, 0.05) is 12.0 Å². The van der Waals surface area contributed by atoms with E-state index in [1.807, 2.05) is 30.3 Å². The number of nitrogens with two attached hydrogens (primary N) is 1. The van der Waals surface area contributed by atoms with Gasteiger partial charge in [0.1, 0.15) is 5.75 Å². The Labute approximate surface area is 122 Å². The Morgan fingerprint density at radius 2 is 1.95 bits per heavy atom. The maximum Gasteiger partial charge on any atom is 0.170 e. The molecule has 5 heteroatoms. The molecule has 0 aromatic heterocycles. The van der Waals surface area contributed by atoms with E-state index in [0.717, 1.165) is 6.42 Å². The lowest BCUT2D eigenvalue weighted by molar-refractivity contribution is 0.318. The zero-order valence-electron chi connectivity index (χ0n) is 10.8. The van der Waals surface area contributed by atoms with Gasteiger partial charge in [-0.2, -0.15) is 0 Å². The molecule has 20 heavy (non-hydrogen) atoms. The third-order valence-electron chi connectivity index (χ3n) is 2.83. The van der Waals surface area contributed by atoms with Gasteiger partial charge in [0.15, 0.2) is 5.84 Å². The third-order valence-corrected chi connectivity index (χ3v) is 3.12. The second kappa shape index (κ2) is 6.82. The molecule has 0 spiro atoms. The molecule has 0 saturated carbocycles. The molecule has 2 aromatic carbocycles. The Hall–Kier alpha value is -2.20. The summed E-state index contributed by atoms with van der Waals surface area (Å²) < 4.78 is 5.63. The summed E-state index contributed by atoms with van der Waals surface area (Å²) in [4.78, 5) is 0. The molecule has 3 N–H and O–H groups in total. The number of halogens is 1. The second-order valence-electron chi connectivity index (χ2n) is 4.21. The highest BCUT2D eigenvalue weighted by Crippen LogP contribution is 2.25. The highest BCUT2D eigenvalue weighted by atomic mass is 35.5. The van der Waals surface area contributed by atoms with E-state index in [9.17, 15) is 0 Å². The van der Waals surface area contributed by atoms with Crippen LogP contribution in [-0.2, 0) is 6.42 Å². The zero-order valence-corrected chi connectivity index (χ0v) is 11.5. The summed E-state index contributed by atoms with van der Waals surface area (Å²) in [6, 6.07) is 15.1. The van der Waals surface area contributed by atoms with E-state index in [2.05, 4.69) is 5.16 Å². The first-order valence-corrected chi connectivity index (χ1v) is 6.52. The quantitative estimate of drug-likeness (QED) is 0.385. The van der Waals surface area contributed by atoms with Crippen LogP contribution in [0.4, 0.5) is 0 Å². The first kappa shape index (κ1) is 14.2. The van der Waals surface area contributed by atoms with E-state index in [1.54, 1.807) is 18.2 Å². The van der Waals surface area contributed by atoms with Crippen molar-refractivity contribution in [3.05, 3.63) is 64.7 Å². The number of benzene rings is 2. The molecule has 0 amide bonds. The number of rotatable bonds is 5. The minimum Gasteiger partial charge on any atom is -0.492 e. The number of amidine groups is 1. The molecule has 104 valence electrons. The number of hydrogen-bond donors (Lipinski definition) is 2. The van der Waals surface area contributed by atoms with Crippen LogP contribution in [0.5, 0.6) is 5.75 Å². The number of oxime groups is 1. The maximum atomic E-state index is 8.60. The van der Waals surface area contributed by atoms with Crippen molar-refractivity contribution in [1.82, 2.24) is 0 Å². The highest BCUT2D eigenvalue weighted by Gasteiger charge is 2.06. The van der Waals surface area contributed by atoms with Gasteiger partial charge in [-0.1, -0.05) is 47.1 Å². The average molecular weight is 291 g/mol.